The van der Waals surface area contributed by atoms with Gasteiger partial charge in [0.15, 0.2) is 0 Å². The summed E-state index contributed by atoms with van der Waals surface area (Å²) in [6.45, 7) is 1.93. The topological polar surface area (TPSA) is 20.2 Å². The maximum Gasteiger partial charge on any atom is 0.123 e. The zero-order chi connectivity index (χ0) is 11.5. The zero-order valence-corrected chi connectivity index (χ0v) is 9.75. The largest absolute Gasteiger partial charge is 0.392 e. The standard InChI is InChI=1S/C14H19FO/c1-10-9-11(15)7-8-12(10)13-5-3-2-4-6-14(13)16/h7-9,13-14,16H,2-6H2,1H3. The molecule has 0 radical (unpaired) electrons. The lowest BCUT2D eigenvalue weighted by molar-refractivity contribution is 0.135. The molecular weight excluding hydrogens is 203 g/mol. The molecule has 0 spiro atoms. The molecule has 0 saturated heterocycles. The maximum absolute atomic E-state index is 13.0. The van der Waals surface area contributed by atoms with Gasteiger partial charge in [0.2, 0.25) is 0 Å². The Kier molecular flexibility index (Phi) is 3.59. The summed E-state index contributed by atoms with van der Waals surface area (Å²) in [4.78, 5) is 0. The van der Waals surface area contributed by atoms with Crippen molar-refractivity contribution in [2.24, 2.45) is 0 Å². The first-order valence-electron chi connectivity index (χ1n) is 6.12. The van der Waals surface area contributed by atoms with E-state index in [1.54, 1.807) is 6.07 Å². The number of aliphatic hydroxyl groups is 1. The minimum Gasteiger partial charge on any atom is -0.392 e. The normalized spacial score (nSPS) is 26.4. The molecule has 88 valence electrons. The van der Waals surface area contributed by atoms with Crippen LogP contribution in [0.15, 0.2) is 18.2 Å². The summed E-state index contributed by atoms with van der Waals surface area (Å²) in [5, 5.41) is 10.1. The second-order valence-corrected chi connectivity index (χ2v) is 4.81. The van der Waals surface area contributed by atoms with E-state index in [9.17, 15) is 9.50 Å². The molecule has 2 unspecified atom stereocenters. The van der Waals surface area contributed by atoms with Crippen LogP contribution in [0.3, 0.4) is 0 Å². The Hall–Kier alpha value is -0.890. The van der Waals surface area contributed by atoms with Crippen LogP contribution in [0.5, 0.6) is 0 Å². The molecule has 1 fully saturated rings. The SMILES string of the molecule is Cc1cc(F)ccc1C1CCCCCC1O. The van der Waals surface area contributed by atoms with Gasteiger partial charge in [-0.05, 0) is 43.0 Å². The summed E-state index contributed by atoms with van der Waals surface area (Å²) in [5.74, 6) is 0.00691. The number of benzene rings is 1. The van der Waals surface area contributed by atoms with Crippen molar-refractivity contribution in [2.75, 3.05) is 0 Å². The van der Waals surface area contributed by atoms with Crippen molar-refractivity contribution in [2.45, 2.75) is 51.0 Å². The van der Waals surface area contributed by atoms with Crippen LogP contribution in [0, 0.1) is 12.7 Å². The van der Waals surface area contributed by atoms with E-state index in [4.69, 9.17) is 0 Å². The fourth-order valence-electron chi connectivity index (χ4n) is 2.71. The molecule has 0 aromatic heterocycles. The first kappa shape index (κ1) is 11.6. The highest BCUT2D eigenvalue weighted by Crippen LogP contribution is 2.33. The molecule has 1 aromatic rings. The Balaban J connectivity index is 2.27. The van der Waals surface area contributed by atoms with Crippen LogP contribution in [-0.2, 0) is 0 Å². The second kappa shape index (κ2) is 4.96. The summed E-state index contributed by atoms with van der Waals surface area (Å²) in [5.41, 5.74) is 2.08. The number of aryl methyl sites for hydroxylation is 1. The van der Waals surface area contributed by atoms with Gasteiger partial charge in [-0.3, -0.25) is 0 Å². The van der Waals surface area contributed by atoms with Crippen molar-refractivity contribution in [3.8, 4) is 0 Å². The van der Waals surface area contributed by atoms with Gasteiger partial charge in [-0.1, -0.05) is 25.3 Å². The molecule has 1 saturated carbocycles. The molecule has 1 aliphatic rings. The average molecular weight is 222 g/mol. The fraction of sp³-hybridized carbons (Fsp3) is 0.571. The molecule has 0 heterocycles. The molecule has 1 aliphatic carbocycles. The van der Waals surface area contributed by atoms with Crippen molar-refractivity contribution in [3.63, 3.8) is 0 Å². The predicted molar refractivity (Wildman–Crippen MR) is 63.0 cm³/mol. The molecule has 2 heteroatoms. The predicted octanol–water partition coefficient (Wildman–Crippen LogP) is 3.54. The number of hydrogen-bond donors (Lipinski definition) is 1. The number of halogens is 1. The van der Waals surface area contributed by atoms with Gasteiger partial charge in [0.25, 0.3) is 0 Å². The van der Waals surface area contributed by atoms with Gasteiger partial charge in [-0.15, -0.1) is 0 Å². The first-order chi connectivity index (χ1) is 7.68. The highest BCUT2D eigenvalue weighted by atomic mass is 19.1. The van der Waals surface area contributed by atoms with E-state index in [1.807, 2.05) is 13.0 Å². The minimum atomic E-state index is -0.258. The number of aliphatic hydroxyl groups excluding tert-OH is 1. The Morgan fingerprint density at radius 2 is 1.94 bits per heavy atom. The summed E-state index contributed by atoms with van der Waals surface area (Å²) in [7, 11) is 0. The van der Waals surface area contributed by atoms with E-state index in [2.05, 4.69) is 0 Å². The lowest BCUT2D eigenvalue weighted by Gasteiger charge is -2.22. The van der Waals surface area contributed by atoms with Gasteiger partial charge in [-0.25, -0.2) is 4.39 Å². The monoisotopic (exact) mass is 222 g/mol. The lowest BCUT2D eigenvalue weighted by Crippen LogP contribution is -2.17. The zero-order valence-electron chi connectivity index (χ0n) is 9.75. The molecule has 0 bridgehead atoms. The quantitative estimate of drug-likeness (QED) is 0.720. The van der Waals surface area contributed by atoms with Gasteiger partial charge in [0.05, 0.1) is 6.10 Å². The van der Waals surface area contributed by atoms with Gasteiger partial charge < -0.3 is 5.11 Å². The van der Waals surface area contributed by atoms with E-state index in [-0.39, 0.29) is 17.8 Å². The van der Waals surface area contributed by atoms with Crippen molar-refractivity contribution in [1.29, 1.82) is 0 Å². The second-order valence-electron chi connectivity index (χ2n) is 4.81. The maximum atomic E-state index is 13.0. The Morgan fingerprint density at radius 1 is 1.19 bits per heavy atom. The van der Waals surface area contributed by atoms with Crippen molar-refractivity contribution in [1.82, 2.24) is 0 Å². The van der Waals surface area contributed by atoms with E-state index in [0.29, 0.717) is 0 Å². The van der Waals surface area contributed by atoms with Crippen LogP contribution in [0.25, 0.3) is 0 Å². The summed E-state index contributed by atoms with van der Waals surface area (Å²) in [6.07, 6.45) is 5.12. The van der Waals surface area contributed by atoms with Crippen LogP contribution in [-0.4, -0.2) is 11.2 Å². The third-order valence-corrected chi connectivity index (χ3v) is 3.61. The molecule has 1 nitrogen and oxygen atoms in total. The molecular formula is C14H19FO. The van der Waals surface area contributed by atoms with E-state index in [0.717, 1.165) is 30.4 Å². The highest BCUT2D eigenvalue weighted by Gasteiger charge is 2.24. The molecule has 16 heavy (non-hydrogen) atoms. The minimum absolute atomic E-state index is 0.190. The summed E-state index contributed by atoms with van der Waals surface area (Å²) < 4.78 is 13.0. The Morgan fingerprint density at radius 3 is 2.69 bits per heavy atom. The van der Waals surface area contributed by atoms with E-state index in [1.165, 1.54) is 18.9 Å². The Bertz CT molecular complexity index is 362. The fourth-order valence-corrected chi connectivity index (χ4v) is 2.71. The van der Waals surface area contributed by atoms with Crippen LogP contribution in [0.2, 0.25) is 0 Å². The Labute approximate surface area is 96.3 Å². The summed E-state index contributed by atoms with van der Waals surface area (Å²) in [6, 6.07) is 4.90. The average Bonchev–Trinajstić information content (AvgIpc) is 2.44. The summed E-state index contributed by atoms with van der Waals surface area (Å²) >= 11 is 0. The third-order valence-electron chi connectivity index (χ3n) is 3.61. The highest BCUT2D eigenvalue weighted by molar-refractivity contribution is 5.30. The molecule has 2 atom stereocenters. The smallest absolute Gasteiger partial charge is 0.123 e. The number of rotatable bonds is 1. The van der Waals surface area contributed by atoms with Gasteiger partial charge in [0.1, 0.15) is 5.82 Å². The van der Waals surface area contributed by atoms with Gasteiger partial charge in [0, 0.05) is 5.92 Å². The van der Waals surface area contributed by atoms with E-state index >= 15 is 0 Å². The first-order valence-corrected chi connectivity index (χ1v) is 6.12. The van der Waals surface area contributed by atoms with E-state index < -0.39 is 0 Å². The number of hydrogen-bond acceptors (Lipinski definition) is 1. The molecule has 1 N–H and O–H groups in total. The van der Waals surface area contributed by atoms with Crippen molar-refractivity contribution >= 4 is 0 Å². The van der Waals surface area contributed by atoms with Crippen LogP contribution < -0.4 is 0 Å². The van der Waals surface area contributed by atoms with Gasteiger partial charge >= 0.3 is 0 Å². The molecule has 0 amide bonds. The third kappa shape index (κ3) is 2.43. The molecule has 2 rings (SSSR count). The van der Waals surface area contributed by atoms with Crippen molar-refractivity contribution in [3.05, 3.63) is 35.1 Å². The van der Waals surface area contributed by atoms with Crippen LogP contribution in [0.4, 0.5) is 4.39 Å². The van der Waals surface area contributed by atoms with Crippen molar-refractivity contribution < 1.29 is 9.50 Å². The van der Waals surface area contributed by atoms with Crippen LogP contribution >= 0.6 is 0 Å². The molecule has 0 aliphatic heterocycles. The van der Waals surface area contributed by atoms with Gasteiger partial charge in [-0.2, -0.15) is 0 Å². The van der Waals surface area contributed by atoms with Crippen LogP contribution in [0.1, 0.15) is 49.1 Å². The molecule has 1 aromatic carbocycles. The lowest BCUT2D eigenvalue weighted by atomic mass is 9.87.